The van der Waals surface area contributed by atoms with Crippen LogP contribution in [0.4, 0.5) is 0 Å². The van der Waals surface area contributed by atoms with Gasteiger partial charge in [0.05, 0.1) is 6.10 Å². The van der Waals surface area contributed by atoms with Crippen LogP contribution in [-0.2, 0) is 11.3 Å². The van der Waals surface area contributed by atoms with E-state index < -0.39 is 0 Å². The summed E-state index contributed by atoms with van der Waals surface area (Å²) in [5, 5.41) is 0.392. The first-order valence-corrected chi connectivity index (χ1v) is 7.81. The second-order valence-corrected chi connectivity index (χ2v) is 5.25. The summed E-state index contributed by atoms with van der Waals surface area (Å²) in [6.07, 6.45) is 6.13. The average Bonchev–Trinajstić information content (AvgIpc) is 2.41. The highest BCUT2D eigenvalue weighted by molar-refractivity contribution is 6.29. The molecule has 0 saturated heterocycles. The van der Waals surface area contributed by atoms with Gasteiger partial charge in [-0.15, -0.1) is 0 Å². The third-order valence-electron chi connectivity index (χ3n) is 2.94. The molecular formula is C15H25ClN2O2. The lowest BCUT2D eigenvalue weighted by molar-refractivity contribution is 0.126. The fourth-order valence-corrected chi connectivity index (χ4v) is 2.07. The van der Waals surface area contributed by atoms with E-state index in [-0.39, 0.29) is 6.10 Å². The second-order valence-electron chi connectivity index (χ2n) is 4.86. The Morgan fingerprint density at radius 3 is 2.70 bits per heavy atom. The van der Waals surface area contributed by atoms with Gasteiger partial charge >= 0.3 is 0 Å². The Morgan fingerprint density at radius 2 is 2.00 bits per heavy atom. The smallest absolute Gasteiger partial charge is 0.218 e. The largest absolute Gasteiger partial charge is 0.475 e. The molecule has 1 unspecified atom stereocenters. The molecule has 1 atom stereocenters. The van der Waals surface area contributed by atoms with Crippen molar-refractivity contribution in [3.8, 4) is 5.88 Å². The third kappa shape index (κ3) is 7.06. The van der Waals surface area contributed by atoms with Crippen LogP contribution in [0.25, 0.3) is 0 Å². The van der Waals surface area contributed by atoms with Crippen molar-refractivity contribution in [3.05, 3.63) is 17.0 Å². The van der Waals surface area contributed by atoms with E-state index in [0.29, 0.717) is 30.1 Å². The molecule has 20 heavy (non-hydrogen) atoms. The fraction of sp³-hybridized carbons (Fsp3) is 0.733. The predicted octanol–water partition coefficient (Wildman–Crippen LogP) is 4.40. The second kappa shape index (κ2) is 9.94. The van der Waals surface area contributed by atoms with Crippen molar-refractivity contribution in [1.82, 2.24) is 9.97 Å². The minimum absolute atomic E-state index is 0.137. The van der Waals surface area contributed by atoms with Crippen LogP contribution >= 0.6 is 11.6 Å². The highest BCUT2D eigenvalue weighted by Crippen LogP contribution is 2.17. The van der Waals surface area contributed by atoms with Crippen LogP contribution in [0.5, 0.6) is 5.88 Å². The number of hydrogen-bond acceptors (Lipinski definition) is 4. The third-order valence-corrected chi connectivity index (χ3v) is 3.13. The Kier molecular flexibility index (Phi) is 8.54. The molecule has 0 N–H and O–H groups in total. The van der Waals surface area contributed by atoms with Gasteiger partial charge in [0.15, 0.2) is 5.82 Å². The van der Waals surface area contributed by atoms with Crippen LogP contribution in [0.15, 0.2) is 6.07 Å². The lowest BCUT2D eigenvalue weighted by atomic mass is 10.1. The monoisotopic (exact) mass is 300 g/mol. The van der Waals surface area contributed by atoms with Gasteiger partial charge in [-0.25, -0.2) is 4.98 Å². The minimum atomic E-state index is 0.137. The van der Waals surface area contributed by atoms with E-state index in [2.05, 4.69) is 23.8 Å². The van der Waals surface area contributed by atoms with Gasteiger partial charge in [0.25, 0.3) is 0 Å². The normalized spacial score (nSPS) is 12.4. The molecule has 0 aliphatic heterocycles. The quantitative estimate of drug-likeness (QED) is 0.474. The van der Waals surface area contributed by atoms with Crippen molar-refractivity contribution in [3.63, 3.8) is 0 Å². The maximum Gasteiger partial charge on any atom is 0.218 e. The summed E-state index contributed by atoms with van der Waals surface area (Å²) in [6, 6.07) is 1.65. The summed E-state index contributed by atoms with van der Waals surface area (Å²) >= 11 is 5.97. The lowest BCUT2D eigenvalue weighted by Crippen LogP contribution is -2.13. The number of hydrogen-bond donors (Lipinski definition) is 0. The number of aromatic nitrogens is 2. The Hall–Kier alpha value is -0.870. The van der Waals surface area contributed by atoms with Crippen molar-refractivity contribution in [2.45, 2.75) is 65.6 Å². The Morgan fingerprint density at radius 1 is 1.20 bits per heavy atom. The van der Waals surface area contributed by atoms with Crippen molar-refractivity contribution < 1.29 is 9.47 Å². The number of halogens is 1. The van der Waals surface area contributed by atoms with E-state index in [0.717, 1.165) is 6.42 Å². The van der Waals surface area contributed by atoms with Crippen LogP contribution in [-0.4, -0.2) is 22.7 Å². The summed E-state index contributed by atoms with van der Waals surface area (Å²) in [5.74, 6) is 1.09. The zero-order chi connectivity index (χ0) is 14.8. The van der Waals surface area contributed by atoms with Crippen LogP contribution in [0.1, 0.15) is 58.7 Å². The molecule has 1 rings (SSSR count). The highest BCUT2D eigenvalue weighted by Gasteiger charge is 2.08. The van der Waals surface area contributed by atoms with Gasteiger partial charge in [0.2, 0.25) is 5.88 Å². The highest BCUT2D eigenvalue weighted by atomic mass is 35.5. The zero-order valence-corrected chi connectivity index (χ0v) is 13.4. The Balaban J connectivity index is 2.47. The first kappa shape index (κ1) is 17.2. The SMILES string of the molecule is CCCCCCC(C)Oc1cc(Cl)nc(COCC)n1. The Bertz CT molecular complexity index is 388. The molecule has 114 valence electrons. The van der Waals surface area contributed by atoms with Gasteiger partial charge in [0.1, 0.15) is 11.8 Å². The van der Waals surface area contributed by atoms with Crippen molar-refractivity contribution in [2.24, 2.45) is 0 Å². The van der Waals surface area contributed by atoms with Gasteiger partial charge in [0, 0.05) is 12.7 Å². The standard InChI is InChI=1S/C15H25ClN2O2/c1-4-6-7-8-9-12(3)20-15-10-13(16)17-14(18-15)11-19-5-2/h10,12H,4-9,11H2,1-3H3. The molecule has 0 aliphatic carbocycles. The molecule has 0 radical (unpaired) electrons. The minimum Gasteiger partial charge on any atom is -0.475 e. The van der Waals surface area contributed by atoms with Crippen molar-refractivity contribution >= 4 is 11.6 Å². The van der Waals surface area contributed by atoms with Gasteiger partial charge in [-0.05, 0) is 26.7 Å². The van der Waals surface area contributed by atoms with E-state index in [9.17, 15) is 0 Å². The molecule has 1 aromatic rings. The summed E-state index contributed by atoms with van der Waals surface area (Å²) in [7, 11) is 0. The van der Waals surface area contributed by atoms with E-state index in [1.54, 1.807) is 6.07 Å². The average molecular weight is 301 g/mol. The summed E-state index contributed by atoms with van der Waals surface area (Å²) in [5.41, 5.74) is 0. The topological polar surface area (TPSA) is 44.2 Å². The summed E-state index contributed by atoms with van der Waals surface area (Å²) < 4.78 is 11.1. The lowest BCUT2D eigenvalue weighted by Gasteiger charge is -2.14. The van der Waals surface area contributed by atoms with Crippen LogP contribution in [0, 0.1) is 0 Å². The fourth-order valence-electron chi connectivity index (χ4n) is 1.88. The number of unbranched alkanes of at least 4 members (excludes halogenated alkanes) is 3. The molecule has 0 bridgehead atoms. The molecule has 0 saturated carbocycles. The first-order chi connectivity index (χ1) is 9.65. The molecule has 0 amide bonds. The van der Waals surface area contributed by atoms with E-state index in [1.165, 1.54) is 25.7 Å². The summed E-state index contributed by atoms with van der Waals surface area (Å²) in [4.78, 5) is 8.43. The molecule has 0 spiro atoms. The maximum absolute atomic E-state index is 5.97. The first-order valence-electron chi connectivity index (χ1n) is 7.43. The molecule has 0 aromatic carbocycles. The summed E-state index contributed by atoms with van der Waals surface area (Å²) in [6.45, 7) is 7.19. The number of ether oxygens (including phenoxy) is 2. The van der Waals surface area contributed by atoms with Crippen LogP contribution < -0.4 is 4.74 Å². The Labute approximate surface area is 126 Å². The van der Waals surface area contributed by atoms with Gasteiger partial charge in [-0.1, -0.05) is 37.8 Å². The molecular weight excluding hydrogens is 276 g/mol. The van der Waals surface area contributed by atoms with Gasteiger partial charge in [-0.3, -0.25) is 0 Å². The molecule has 4 nitrogen and oxygen atoms in total. The maximum atomic E-state index is 5.97. The van der Waals surface area contributed by atoms with Gasteiger partial charge in [-0.2, -0.15) is 4.98 Å². The van der Waals surface area contributed by atoms with E-state index in [4.69, 9.17) is 21.1 Å². The van der Waals surface area contributed by atoms with Crippen LogP contribution in [0.3, 0.4) is 0 Å². The number of rotatable bonds is 10. The molecule has 0 fully saturated rings. The number of nitrogens with zero attached hydrogens (tertiary/aromatic N) is 2. The molecule has 1 heterocycles. The van der Waals surface area contributed by atoms with Crippen LogP contribution in [0.2, 0.25) is 5.15 Å². The molecule has 5 heteroatoms. The van der Waals surface area contributed by atoms with E-state index in [1.807, 2.05) is 6.92 Å². The zero-order valence-electron chi connectivity index (χ0n) is 12.7. The predicted molar refractivity (Wildman–Crippen MR) is 81.2 cm³/mol. The van der Waals surface area contributed by atoms with Crippen molar-refractivity contribution in [1.29, 1.82) is 0 Å². The van der Waals surface area contributed by atoms with Crippen molar-refractivity contribution in [2.75, 3.05) is 6.61 Å². The van der Waals surface area contributed by atoms with E-state index >= 15 is 0 Å². The molecule has 0 aliphatic rings. The van der Waals surface area contributed by atoms with Gasteiger partial charge < -0.3 is 9.47 Å². The molecule has 1 aromatic heterocycles.